The van der Waals surface area contributed by atoms with Gasteiger partial charge in [0.15, 0.2) is 0 Å². The lowest BCUT2D eigenvalue weighted by atomic mass is 9.47. The van der Waals surface area contributed by atoms with Crippen LogP contribution in [0, 0.1) is 35.0 Å². The third kappa shape index (κ3) is 3.89. The van der Waals surface area contributed by atoms with Crippen molar-refractivity contribution in [2.45, 2.75) is 106 Å². The second-order valence-electron chi connectivity index (χ2n) is 8.67. The summed E-state index contributed by atoms with van der Waals surface area (Å²) in [6, 6.07) is 0. The van der Waals surface area contributed by atoms with Crippen molar-refractivity contribution in [2.24, 2.45) is 35.0 Å². The van der Waals surface area contributed by atoms with Gasteiger partial charge in [-0.05, 0) is 110 Å². The summed E-state index contributed by atoms with van der Waals surface area (Å²) in [6.07, 6.45) is 18.2. The Morgan fingerprint density at radius 3 is 2.26 bits per heavy atom. The van der Waals surface area contributed by atoms with Gasteiger partial charge in [0.1, 0.15) is 0 Å². The van der Waals surface area contributed by atoms with E-state index in [1.165, 1.54) is 32.1 Å². The van der Waals surface area contributed by atoms with Gasteiger partial charge in [-0.25, -0.2) is 0 Å². The van der Waals surface area contributed by atoms with E-state index in [0.717, 1.165) is 35.0 Å². The smallest absolute Gasteiger partial charge is 0.0000913 e. The third-order valence-electron chi connectivity index (χ3n) is 7.99. The number of rotatable bonds is 0. The van der Waals surface area contributed by atoms with Crippen LogP contribution in [0.3, 0.4) is 0 Å². The zero-order valence-corrected chi connectivity index (χ0v) is 19.4. The van der Waals surface area contributed by atoms with Gasteiger partial charge in [0, 0.05) is 0 Å². The van der Waals surface area contributed by atoms with Gasteiger partial charge in [-0.1, -0.05) is 54.5 Å². The third-order valence-corrected chi connectivity index (χ3v) is 7.99. The lowest BCUT2D eigenvalue weighted by Gasteiger charge is -2.57. The van der Waals surface area contributed by atoms with Crippen LogP contribution in [0.2, 0.25) is 0 Å². The highest BCUT2D eigenvalue weighted by Crippen LogP contribution is 2.70. The first-order valence-electron chi connectivity index (χ1n) is 12.4. The first-order chi connectivity index (χ1) is 13.3. The van der Waals surface area contributed by atoms with Crippen LogP contribution in [0.4, 0.5) is 0 Å². The molecule has 0 nitrogen and oxygen atoms in total. The Morgan fingerprint density at radius 1 is 0.889 bits per heavy atom. The molecule has 0 aliphatic heterocycles. The molecule has 5 aliphatic rings. The van der Waals surface area contributed by atoms with Gasteiger partial charge in [0.25, 0.3) is 0 Å². The Bertz CT molecular complexity index is 559. The normalized spacial score (nSPS) is 40.0. The highest BCUT2D eigenvalue weighted by molar-refractivity contribution is 5.38. The number of hydrogen-bond donors (Lipinski definition) is 0. The first-order valence-corrected chi connectivity index (χ1v) is 12.4. The fourth-order valence-corrected chi connectivity index (χ4v) is 6.98. The van der Waals surface area contributed by atoms with Crippen LogP contribution in [0.25, 0.3) is 0 Å². The molecule has 0 N–H and O–H groups in total. The lowest BCUT2D eigenvalue weighted by molar-refractivity contribution is -0.0634. The molecule has 27 heavy (non-hydrogen) atoms. The molecule has 0 aromatic heterocycles. The van der Waals surface area contributed by atoms with E-state index in [1.54, 1.807) is 36.8 Å². The van der Waals surface area contributed by atoms with Crippen molar-refractivity contribution in [1.29, 1.82) is 0 Å². The summed E-state index contributed by atoms with van der Waals surface area (Å²) in [6.45, 7) is 14.4. The maximum absolute atomic E-state index is 3.76. The second-order valence-corrected chi connectivity index (χ2v) is 8.67. The Morgan fingerprint density at radius 2 is 1.59 bits per heavy atom. The summed E-state index contributed by atoms with van der Waals surface area (Å²) in [5.41, 5.74) is 7.91. The predicted octanol–water partition coefficient (Wildman–Crippen LogP) is 8.74. The van der Waals surface area contributed by atoms with E-state index in [9.17, 15) is 0 Å². The highest BCUT2D eigenvalue weighted by Gasteiger charge is 2.61. The van der Waals surface area contributed by atoms with Gasteiger partial charge in [-0.3, -0.25) is 0 Å². The van der Waals surface area contributed by atoms with E-state index in [0.29, 0.717) is 0 Å². The summed E-state index contributed by atoms with van der Waals surface area (Å²) in [5, 5.41) is 0. The molecular formula is C27H46. The zero-order chi connectivity index (χ0) is 20.0. The Kier molecular flexibility index (Phi) is 8.48. The van der Waals surface area contributed by atoms with E-state index in [1.807, 2.05) is 41.5 Å². The van der Waals surface area contributed by atoms with Crippen molar-refractivity contribution in [3.63, 3.8) is 0 Å². The van der Waals surface area contributed by atoms with Crippen LogP contribution in [-0.4, -0.2) is 0 Å². The molecule has 0 amide bonds. The van der Waals surface area contributed by atoms with Crippen LogP contribution in [0.1, 0.15) is 106 Å². The van der Waals surface area contributed by atoms with Crippen molar-refractivity contribution in [3.05, 3.63) is 29.0 Å². The minimum atomic E-state index is 0.721. The first kappa shape index (κ1) is 22.5. The molecule has 4 saturated carbocycles. The molecule has 6 atom stereocenters. The molecule has 4 unspecified atom stereocenters. The maximum Gasteiger partial charge on any atom is -0.0000913 e. The molecule has 0 bridgehead atoms. The summed E-state index contributed by atoms with van der Waals surface area (Å²) in [5.74, 6) is 4.79. The van der Waals surface area contributed by atoms with Gasteiger partial charge >= 0.3 is 0 Å². The van der Waals surface area contributed by atoms with Crippen LogP contribution < -0.4 is 0 Å². The minimum absolute atomic E-state index is 0.721. The summed E-state index contributed by atoms with van der Waals surface area (Å²) in [7, 11) is 0. The predicted molar refractivity (Wildman–Crippen MR) is 121 cm³/mol. The van der Waals surface area contributed by atoms with Crippen LogP contribution in [0.5, 0.6) is 0 Å². The highest BCUT2D eigenvalue weighted by atomic mass is 14.7. The monoisotopic (exact) mass is 370 g/mol. The molecule has 5 aliphatic carbocycles. The van der Waals surface area contributed by atoms with Gasteiger partial charge in [-0.15, -0.1) is 5.73 Å². The summed E-state index contributed by atoms with van der Waals surface area (Å²) >= 11 is 0. The number of hydrogen-bond acceptors (Lipinski definition) is 0. The van der Waals surface area contributed by atoms with Gasteiger partial charge in [0.2, 0.25) is 0 Å². The molecular weight excluding hydrogens is 324 g/mol. The van der Waals surface area contributed by atoms with Crippen molar-refractivity contribution >= 4 is 0 Å². The van der Waals surface area contributed by atoms with E-state index in [2.05, 4.69) is 24.8 Å². The molecule has 4 fully saturated rings. The van der Waals surface area contributed by atoms with E-state index < -0.39 is 0 Å². The number of allylic oxidation sites excluding steroid dienone is 3. The Balaban J connectivity index is 0.000000400. The molecule has 1 spiro atoms. The fourth-order valence-electron chi connectivity index (χ4n) is 6.98. The minimum Gasteiger partial charge on any atom is -0.121 e. The molecule has 0 heterocycles. The summed E-state index contributed by atoms with van der Waals surface area (Å²) < 4.78 is 0. The lowest BCUT2D eigenvalue weighted by Crippen LogP contribution is -2.49. The van der Waals surface area contributed by atoms with Gasteiger partial charge < -0.3 is 0 Å². The SMILES string of the molecule is CC.CC.CC.CC1C=C2CCC3C(CC[C@]45CC[C@H]4CCC35)C2=C=CC1. The number of fused-ring (bicyclic) bond motifs is 4. The Labute approximate surface area is 170 Å². The second kappa shape index (κ2) is 10.2. The molecule has 0 saturated heterocycles. The van der Waals surface area contributed by atoms with E-state index in [4.69, 9.17) is 0 Å². The van der Waals surface area contributed by atoms with Crippen LogP contribution in [-0.2, 0) is 0 Å². The van der Waals surface area contributed by atoms with Crippen molar-refractivity contribution in [2.75, 3.05) is 0 Å². The molecule has 5 rings (SSSR count). The molecule has 0 aromatic rings. The largest absolute Gasteiger partial charge is 0.121 e. The maximum atomic E-state index is 3.76. The standard InChI is InChI=1S/C21H28.3C2H6/c1-14-3-2-4-17-15(13-14)5-7-19-18(17)10-12-21-11-9-16(21)6-8-20(19)21;3*1-2/h2,13-14,16,18-20H,3,5-12H2,1H3;3*1-2H3/t14?,16-,18?,19?,20?,21-;;;/m1.../s1. The van der Waals surface area contributed by atoms with Crippen molar-refractivity contribution in [3.8, 4) is 0 Å². The average molecular weight is 371 g/mol. The van der Waals surface area contributed by atoms with Gasteiger partial charge in [-0.2, -0.15) is 0 Å². The fraction of sp³-hybridized carbons (Fsp3) is 0.815. The molecule has 154 valence electrons. The molecule has 0 heteroatoms. The topological polar surface area (TPSA) is 0 Å². The Hall–Kier alpha value is -0.740. The van der Waals surface area contributed by atoms with E-state index >= 15 is 0 Å². The van der Waals surface area contributed by atoms with Crippen LogP contribution >= 0.6 is 0 Å². The molecule has 0 aromatic carbocycles. The van der Waals surface area contributed by atoms with E-state index in [-0.39, 0.29) is 0 Å². The van der Waals surface area contributed by atoms with Crippen LogP contribution in [0.15, 0.2) is 29.0 Å². The molecule has 0 radical (unpaired) electrons. The van der Waals surface area contributed by atoms with Gasteiger partial charge in [0.05, 0.1) is 0 Å². The summed E-state index contributed by atoms with van der Waals surface area (Å²) in [4.78, 5) is 0. The van der Waals surface area contributed by atoms with Crippen molar-refractivity contribution in [1.82, 2.24) is 0 Å². The average Bonchev–Trinajstić information content (AvgIpc) is 2.86. The quantitative estimate of drug-likeness (QED) is 0.374. The van der Waals surface area contributed by atoms with Crippen molar-refractivity contribution < 1.29 is 0 Å². The zero-order valence-electron chi connectivity index (χ0n) is 19.4.